The second-order valence-corrected chi connectivity index (χ2v) is 8.10. The van der Waals surface area contributed by atoms with Crippen molar-refractivity contribution in [2.45, 2.75) is 62.3 Å². The van der Waals surface area contributed by atoms with Gasteiger partial charge in [0.15, 0.2) is 0 Å². The van der Waals surface area contributed by atoms with Crippen molar-refractivity contribution in [2.75, 3.05) is 59.5 Å². The van der Waals surface area contributed by atoms with Gasteiger partial charge in [0, 0.05) is 16.5 Å². The molecule has 33 heavy (non-hydrogen) atoms. The van der Waals surface area contributed by atoms with Gasteiger partial charge < -0.3 is 45.5 Å². The van der Waals surface area contributed by atoms with Gasteiger partial charge in [0.25, 0.3) is 0 Å². The molecule has 0 N–H and O–H groups in total. The summed E-state index contributed by atoms with van der Waals surface area (Å²) in [6, 6.07) is 0. The summed E-state index contributed by atoms with van der Waals surface area (Å²) in [7, 11) is -3.18. The van der Waals surface area contributed by atoms with Crippen molar-refractivity contribution in [3.63, 3.8) is 0 Å². The number of hydrogen-bond donors (Lipinski definition) is 0. The average molecular weight is 587 g/mol. The fourth-order valence-corrected chi connectivity index (χ4v) is 3.85. The van der Waals surface area contributed by atoms with Crippen LogP contribution in [0.1, 0.15) is 62.3 Å². The summed E-state index contributed by atoms with van der Waals surface area (Å²) < 4.78 is 46.3. The zero-order valence-electron chi connectivity index (χ0n) is 21.8. The Morgan fingerprint density at radius 1 is 0.364 bits per heavy atom. The van der Waals surface area contributed by atoms with Crippen LogP contribution in [0.5, 0.6) is 0 Å². The largest absolute Gasteiger partial charge is 0.332 e. The summed E-state index contributed by atoms with van der Waals surface area (Å²) in [5.74, 6) is 0. The van der Waals surface area contributed by atoms with Crippen LogP contribution in [0, 0.1) is 0 Å². The molecule has 0 amide bonds. The minimum Gasteiger partial charge on any atom is -0.313 e. The summed E-state index contributed by atoms with van der Waals surface area (Å²) in [5, 5.41) is 0. The van der Waals surface area contributed by atoms with E-state index >= 15 is 0 Å². The molecule has 0 rings (SSSR count). The molecule has 0 unspecified atom stereocenters. The Morgan fingerprint density at radius 2 is 0.455 bits per heavy atom. The summed E-state index contributed by atoms with van der Waals surface area (Å²) in [6.45, 7) is 25.1. The fraction of sp³-hybridized carbons (Fsp3) is 0.947. The maximum absolute atomic E-state index is 8.00. The van der Waals surface area contributed by atoms with Gasteiger partial charge in [-0.2, -0.15) is 0 Å². The van der Waals surface area contributed by atoms with Gasteiger partial charge in [-0.25, -0.2) is 0 Å². The summed E-state index contributed by atoms with van der Waals surface area (Å²) in [6.07, 6.45) is 0. The summed E-state index contributed by atoms with van der Waals surface area (Å²) in [4.78, 5) is 8.00. The van der Waals surface area contributed by atoms with Gasteiger partial charge in [0.2, 0.25) is 0 Å². The zero-order valence-corrected chi connectivity index (χ0v) is 25.5. The molecule has 0 bridgehead atoms. The van der Waals surface area contributed by atoms with Crippen LogP contribution in [0.25, 0.3) is 0 Å². The van der Waals surface area contributed by atoms with E-state index in [1.54, 1.807) is 0 Å². The molecule has 0 saturated carbocycles. The van der Waals surface area contributed by atoms with E-state index in [2.05, 4.69) is 0 Å². The Kier molecular flexibility index (Phi) is 57.7. The van der Waals surface area contributed by atoms with Crippen molar-refractivity contribution in [1.82, 2.24) is 0 Å². The van der Waals surface area contributed by atoms with Crippen molar-refractivity contribution < 1.29 is 62.0 Å². The summed E-state index contributed by atoms with van der Waals surface area (Å²) in [5.41, 5.74) is 0. The minimum absolute atomic E-state index is 0. The summed E-state index contributed by atoms with van der Waals surface area (Å²) >= 11 is 0. The second-order valence-electron chi connectivity index (χ2n) is 4.43. The number of rotatable bonds is 18. The Hall–Kier alpha value is 1.09. The van der Waals surface area contributed by atoms with Crippen molar-refractivity contribution in [3.8, 4) is 0 Å². The number of carbonyl (C=O) groups excluding carboxylic acids is 1. The van der Waals surface area contributed by atoms with Gasteiger partial charge in [-0.3, -0.25) is 0 Å². The first-order valence-corrected chi connectivity index (χ1v) is 14.2. The molecule has 0 saturated heterocycles. The third-order valence-electron chi connectivity index (χ3n) is 2.11. The van der Waals surface area contributed by atoms with Crippen molar-refractivity contribution >= 4 is 32.6 Å². The Labute approximate surface area is 216 Å². The van der Waals surface area contributed by atoms with E-state index < -0.39 is 25.8 Å². The molecular weight excluding hydrogens is 540 g/mol. The van der Waals surface area contributed by atoms with Gasteiger partial charge >= 0.3 is 25.8 Å². The monoisotopic (exact) mass is 586 g/mol. The van der Waals surface area contributed by atoms with Crippen molar-refractivity contribution in [2.24, 2.45) is 0 Å². The Balaban J connectivity index is -0.000000113. The first-order chi connectivity index (χ1) is 15.5. The molecule has 0 radical (unpaired) electrons. The third-order valence-corrected chi connectivity index (χ3v) is 6.33. The van der Waals surface area contributed by atoms with E-state index in [1.807, 2.05) is 69.1 Å². The van der Waals surface area contributed by atoms with Gasteiger partial charge in [0.1, 0.15) is 6.79 Å². The van der Waals surface area contributed by atoms with Crippen LogP contribution in [0.4, 0.5) is 0 Å². The van der Waals surface area contributed by atoms with Crippen LogP contribution in [-0.4, -0.2) is 66.3 Å². The molecule has 0 aliphatic heterocycles. The molecule has 0 spiro atoms. The molecule has 0 aromatic heterocycles. The van der Waals surface area contributed by atoms with Crippen LogP contribution in [-0.2, 0) is 62.0 Å². The van der Waals surface area contributed by atoms with Crippen LogP contribution in [0.2, 0.25) is 0 Å². The molecule has 0 heterocycles. The molecule has 0 aromatic carbocycles. The molecular formula is C19H47NiO10P3. The van der Waals surface area contributed by atoms with E-state index in [0.717, 1.165) is 0 Å². The van der Waals surface area contributed by atoms with Crippen molar-refractivity contribution in [1.29, 1.82) is 0 Å². The predicted octanol–water partition coefficient (Wildman–Crippen LogP) is 6.78. The molecule has 0 aromatic rings. The van der Waals surface area contributed by atoms with Crippen LogP contribution in [0.15, 0.2) is 0 Å². The molecule has 0 aliphatic carbocycles. The van der Waals surface area contributed by atoms with Crippen LogP contribution in [0.3, 0.4) is 0 Å². The minimum atomic E-state index is -1.06. The molecule has 0 aliphatic rings. The third kappa shape index (κ3) is 40.5. The van der Waals surface area contributed by atoms with E-state index in [1.165, 1.54) is 0 Å². The zero-order chi connectivity index (χ0) is 25.5. The molecule has 14 heteroatoms. The molecule has 0 fully saturated rings. The molecule has 10 nitrogen and oxygen atoms in total. The maximum atomic E-state index is 8.00. The maximum Gasteiger partial charge on any atom is 0.332 e. The number of carbonyl (C=O) groups is 1. The Morgan fingerprint density at radius 3 is 0.515 bits per heavy atom. The first kappa shape index (κ1) is 44.1. The predicted molar refractivity (Wildman–Crippen MR) is 133 cm³/mol. The van der Waals surface area contributed by atoms with Gasteiger partial charge in [-0.1, -0.05) is 0 Å². The Bertz CT molecular complexity index is 231. The van der Waals surface area contributed by atoms with E-state index in [4.69, 9.17) is 45.5 Å². The number of hydrogen-bond acceptors (Lipinski definition) is 10. The van der Waals surface area contributed by atoms with E-state index in [0.29, 0.717) is 59.5 Å². The normalized spacial score (nSPS) is 9.94. The standard InChI is InChI=1S/3C6H15O3P.CH2O.Ni/c3*1-4-7-10(8-5-2)9-6-3;1-2;/h3*4-6H2,1-3H3;1H2;. The topological polar surface area (TPSA) is 100 Å². The van der Waals surface area contributed by atoms with Crippen LogP contribution < -0.4 is 0 Å². The van der Waals surface area contributed by atoms with Gasteiger partial charge in [0.05, 0.1) is 59.5 Å². The smallest absolute Gasteiger partial charge is 0.313 e. The van der Waals surface area contributed by atoms with E-state index in [-0.39, 0.29) is 16.5 Å². The van der Waals surface area contributed by atoms with Gasteiger partial charge in [-0.15, -0.1) is 0 Å². The quantitative estimate of drug-likeness (QED) is 0.126. The van der Waals surface area contributed by atoms with Crippen molar-refractivity contribution in [3.05, 3.63) is 0 Å². The molecule has 208 valence electrons. The second kappa shape index (κ2) is 43.2. The first-order valence-electron chi connectivity index (χ1n) is 10.9. The van der Waals surface area contributed by atoms with Gasteiger partial charge in [-0.05, 0) is 62.3 Å². The van der Waals surface area contributed by atoms with E-state index in [9.17, 15) is 0 Å². The SMILES string of the molecule is C=O.CCOP(OCC)OCC.CCOP(OCC)OCC.CCOP(OCC)OCC.[Ni]. The average Bonchev–Trinajstić information content (AvgIpc) is 2.78. The molecule has 0 atom stereocenters. The fourth-order valence-electron chi connectivity index (χ4n) is 1.28. The van der Waals surface area contributed by atoms with Crippen LogP contribution >= 0.6 is 25.8 Å².